The Labute approximate surface area is 292 Å². The number of fused-ring (bicyclic) bond motifs is 2. The molecule has 0 saturated carbocycles. The Bertz CT molecular complexity index is 2340. The molecule has 0 bridgehead atoms. The molecule has 3 heteroatoms. The molecule has 0 amide bonds. The quantitative estimate of drug-likeness (QED) is 0.182. The molecular formula is C47H33N3. The van der Waals surface area contributed by atoms with Gasteiger partial charge in [-0.05, 0) is 63.1 Å². The maximum atomic E-state index is 5.01. The SMILES string of the molecule is c1ccc(-c2nc(-c3ccccc3)nc(-c3cccc(-c4ccc5c(c4)C(c4ccccc4)(c4ccccc4)c4ccccc4C5)c3)n2)cc1. The fourth-order valence-corrected chi connectivity index (χ4v) is 7.59. The van der Waals surface area contributed by atoms with Crippen LogP contribution in [0, 0.1) is 0 Å². The lowest BCUT2D eigenvalue weighted by Crippen LogP contribution is -2.36. The predicted molar refractivity (Wildman–Crippen MR) is 203 cm³/mol. The highest BCUT2D eigenvalue weighted by atomic mass is 15.0. The Kier molecular flexibility index (Phi) is 7.44. The Morgan fingerprint density at radius 2 is 0.760 bits per heavy atom. The minimum absolute atomic E-state index is 0.469. The monoisotopic (exact) mass is 639 g/mol. The molecule has 0 aliphatic heterocycles. The summed E-state index contributed by atoms with van der Waals surface area (Å²) in [6.07, 6.45) is 0.891. The number of benzene rings is 7. The number of aromatic nitrogens is 3. The van der Waals surface area contributed by atoms with Crippen LogP contribution in [-0.4, -0.2) is 15.0 Å². The van der Waals surface area contributed by atoms with Gasteiger partial charge in [0.15, 0.2) is 17.5 Å². The molecule has 3 nitrogen and oxygen atoms in total. The summed E-state index contributed by atoms with van der Waals surface area (Å²) in [6.45, 7) is 0. The Morgan fingerprint density at radius 1 is 0.320 bits per heavy atom. The zero-order valence-electron chi connectivity index (χ0n) is 27.4. The zero-order chi connectivity index (χ0) is 33.3. The van der Waals surface area contributed by atoms with E-state index in [1.165, 1.54) is 33.4 Å². The van der Waals surface area contributed by atoms with Crippen LogP contribution in [0.5, 0.6) is 0 Å². The third-order valence-corrected chi connectivity index (χ3v) is 9.88. The summed E-state index contributed by atoms with van der Waals surface area (Å²) >= 11 is 0. The van der Waals surface area contributed by atoms with Gasteiger partial charge in [0, 0.05) is 16.7 Å². The second-order valence-electron chi connectivity index (χ2n) is 12.8. The van der Waals surface area contributed by atoms with Crippen molar-refractivity contribution in [3.8, 4) is 45.3 Å². The number of rotatable bonds is 6. The molecule has 0 N–H and O–H groups in total. The van der Waals surface area contributed by atoms with Crippen molar-refractivity contribution in [1.29, 1.82) is 0 Å². The van der Waals surface area contributed by atoms with Gasteiger partial charge in [-0.15, -0.1) is 0 Å². The van der Waals surface area contributed by atoms with E-state index in [1.807, 2.05) is 60.7 Å². The highest BCUT2D eigenvalue weighted by Crippen LogP contribution is 2.51. The molecule has 0 unspecified atom stereocenters. The van der Waals surface area contributed by atoms with E-state index in [4.69, 9.17) is 15.0 Å². The van der Waals surface area contributed by atoms with E-state index in [0.29, 0.717) is 17.5 Å². The van der Waals surface area contributed by atoms with Gasteiger partial charge >= 0.3 is 0 Å². The molecule has 236 valence electrons. The first-order valence-corrected chi connectivity index (χ1v) is 17.1. The summed E-state index contributed by atoms with van der Waals surface area (Å²) in [7, 11) is 0. The molecular weight excluding hydrogens is 607 g/mol. The van der Waals surface area contributed by atoms with Gasteiger partial charge in [0.1, 0.15) is 0 Å². The van der Waals surface area contributed by atoms with Gasteiger partial charge in [0.2, 0.25) is 0 Å². The topological polar surface area (TPSA) is 38.7 Å². The van der Waals surface area contributed by atoms with Crippen molar-refractivity contribution in [2.24, 2.45) is 0 Å². The van der Waals surface area contributed by atoms with E-state index >= 15 is 0 Å². The summed E-state index contributed by atoms with van der Waals surface area (Å²) in [5.41, 5.74) is 12.5. The molecule has 0 fully saturated rings. The van der Waals surface area contributed by atoms with Crippen LogP contribution in [0.3, 0.4) is 0 Å². The average Bonchev–Trinajstić information content (AvgIpc) is 3.21. The minimum atomic E-state index is -0.469. The molecule has 50 heavy (non-hydrogen) atoms. The van der Waals surface area contributed by atoms with Crippen LogP contribution in [-0.2, 0) is 11.8 Å². The average molecular weight is 640 g/mol. The van der Waals surface area contributed by atoms with Crippen LogP contribution in [0.2, 0.25) is 0 Å². The van der Waals surface area contributed by atoms with Crippen LogP contribution in [0.4, 0.5) is 0 Å². The molecule has 0 saturated heterocycles. The lowest BCUT2D eigenvalue weighted by Gasteiger charge is -2.42. The summed E-state index contributed by atoms with van der Waals surface area (Å²) in [5.74, 6) is 1.96. The first-order chi connectivity index (χ1) is 24.8. The smallest absolute Gasteiger partial charge is 0.164 e. The van der Waals surface area contributed by atoms with Crippen molar-refractivity contribution in [2.45, 2.75) is 11.8 Å². The van der Waals surface area contributed by atoms with E-state index in [0.717, 1.165) is 34.2 Å². The van der Waals surface area contributed by atoms with Crippen molar-refractivity contribution in [3.63, 3.8) is 0 Å². The van der Waals surface area contributed by atoms with E-state index in [9.17, 15) is 0 Å². The first-order valence-electron chi connectivity index (χ1n) is 17.1. The number of hydrogen-bond donors (Lipinski definition) is 0. The molecule has 1 aliphatic carbocycles. The molecule has 1 heterocycles. The number of nitrogens with zero attached hydrogens (tertiary/aromatic N) is 3. The van der Waals surface area contributed by atoms with Crippen molar-refractivity contribution in [1.82, 2.24) is 15.0 Å². The van der Waals surface area contributed by atoms with Gasteiger partial charge in [-0.1, -0.05) is 176 Å². The standard InChI is InChI=1S/C47H33N3/c1-5-16-33(17-6-1)44-48-45(34-18-7-2-8-19-34)50-46(49-44)39-22-15-21-35(30-39)36-28-29-38-31-37-20-13-14-27-42(37)47(43(38)32-36,40-23-9-3-10-24-40)41-25-11-4-12-26-41/h1-30,32H,31H2. The maximum Gasteiger partial charge on any atom is 0.164 e. The van der Waals surface area contributed by atoms with Crippen molar-refractivity contribution in [2.75, 3.05) is 0 Å². The van der Waals surface area contributed by atoms with Crippen molar-refractivity contribution < 1.29 is 0 Å². The van der Waals surface area contributed by atoms with Crippen LogP contribution in [0.1, 0.15) is 33.4 Å². The second kappa shape index (κ2) is 12.5. The van der Waals surface area contributed by atoms with E-state index in [1.54, 1.807) is 0 Å². The third kappa shape index (κ3) is 5.12. The first kappa shape index (κ1) is 29.7. The molecule has 0 atom stereocenters. The predicted octanol–water partition coefficient (Wildman–Crippen LogP) is 10.8. The summed E-state index contributed by atoms with van der Waals surface area (Å²) < 4.78 is 0. The van der Waals surface area contributed by atoms with Crippen LogP contribution in [0.15, 0.2) is 188 Å². The van der Waals surface area contributed by atoms with Crippen LogP contribution >= 0.6 is 0 Å². The summed E-state index contributed by atoms with van der Waals surface area (Å²) in [6, 6.07) is 66.8. The van der Waals surface area contributed by atoms with Gasteiger partial charge in [-0.3, -0.25) is 0 Å². The van der Waals surface area contributed by atoms with Crippen molar-refractivity contribution in [3.05, 3.63) is 221 Å². The van der Waals surface area contributed by atoms with E-state index < -0.39 is 5.41 Å². The molecule has 1 aliphatic rings. The van der Waals surface area contributed by atoms with Gasteiger partial charge in [0.05, 0.1) is 5.41 Å². The van der Waals surface area contributed by atoms with Gasteiger partial charge < -0.3 is 0 Å². The summed E-state index contributed by atoms with van der Waals surface area (Å²) in [5, 5.41) is 0. The molecule has 0 spiro atoms. The van der Waals surface area contributed by atoms with Gasteiger partial charge in [0.25, 0.3) is 0 Å². The van der Waals surface area contributed by atoms with Gasteiger partial charge in [-0.25, -0.2) is 15.0 Å². The zero-order valence-corrected chi connectivity index (χ0v) is 27.4. The molecule has 8 aromatic rings. The molecule has 7 aromatic carbocycles. The lowest BCUT2D eigenvalue weighted by atomic mass is 9.59. The second-order valence-corrected chi connectivity index (χ2v) is 12.8. The minimum Gasteiger partial charge on any atom is -0.208 e. The molecule has 1 aromatic heterocycles. The Morgan fingerprint density at radius 3 is 1.36 bits per heavy atom. The fourth-order valence-electron chi connectivity index (χ4n) is 7.59. The summed E-state index contributed by atoms with van der Waals surface area (Å²) in [4.78, 5) is 14.9. The van der Waals surface area contributed by atoms with E-state index in [2.05, 4.69) is 127 Å². The molecule has 9 rings (SSSR count). The lowest BCUT2D eigenvalue weighted by molar-refractivity contribution is 0.703. The Hall–Kier alpha value is -6.45. The fraction of sp³-hybridized carbons (Fsp3) is 0.0426. The van der Waals surface area contributed by atoms with Gasteiger partial charge in [-0.2, -0.15) is 0 Å². The molecule has 0 radical (unpaired) electrons. The van der Waals surface area contributed by atoms with E-state index in [-0.39, 0.29) is 0 Å². The van der Waals surface area contributed by atoms with Crippen molar-refractivity contribution >= 4 is 0 Å². The van der Waals surface area contributed by atoms with Crippen LogP contribution < -0.4 is 0 Å². The largest absolute Gasteiger partial charge is 0.208 e. The van der Waals surface area contributed by atoms with Crippen LogP contribution in [0.25, 0.3) is 45.3 Å². The highest BCUT2D eigenvalue weighted by molar-refractivity contribution is 5.76. The highest BCUT2D eigenvalue weighted by Gasteiger charge is 2.43. The number of hydrogen-bond acceptors (Lipinski definition) is 3. The normalized spacial score (nSPS) is 12.9. The Balaban J connectivity index is 1.22. The third-order valence-electron chi connectivity index (χ3n) is 9.88. The maximum absolute atomic E-state index is 5.01.